The van der Waals surface area contributed by atoms with Crippen LogP contribution in [-0.4, -0.2) is 15.9 Å². The number of fused-ring (bicyclic) bond motifs is 1. The van der Waals surface area contributed by atoms with Crippen molar-refractivity contribution in [3.05, 3.63) is 84.1 Å². The number of benzene rings is 3. The number of rotatable bonds is 5. The molecule has 3 aromatic carbocycles. The second-order valence-electron chi connectivity index (χ2n) is 6.82. The smallest absolute Gasteiger partial charge is 0.228 e. The van der Waals surface area contributed by atoms with Crippen molar-refractivity contribution in [3.63, 3.8) is 0 Å². The second-order valence-corrected chi connectivity index (χ2v) is 6.82. The van der Waals surface area contributed by atoms with Crippen LogP contribution in [0.15, 0.2) is 72.8 Å². The summed E-state index contributed by atoms with van der Waals surface area (Å²) in [7, 11) is 0. The molecule has 0 aliphatic rings. The first-order chi connectivity index (χ1) is 14.1. The van der Waals surface area contributed by atoms with E-state index in [1.807, 2.05) is 67.6 Å². The van der Waals surface area contributed by atoms with E-state index in [0.29, 0.717) is 12.2 Å². The monoisotopic (exact) mass is 383 g/mol. The maximum atomic E-state index is 12.5. The van der Waals surface area contributed by atoms with Gasteiger partial charge in [0.1, 0.15) is 5.82 Å². The molecule has 0 saturated carbocycles. The fraction of sp³-hybridized carbons (Fsp3) is 0.0870. The summed E-state index contributed by atoms with van der Waals surface area (Å²) in [5, 5.41) is 8.37. The van der Waals surface area contributed by atoms with Crippen molar-refractivity contribution in [2.45, 2.75) is 13.3 Å². The molecule has 4 rings (SSSR count). The Kier molecular flexibility index (Phi) is 5.07. The van der Waals surface area contributed by atoms with Gasteiger partial charge in [-0.2, -0.15) is 4.98 Å². The summed E-state index contributed by atoms with van der Waals surface area (Å²) in [5.41, 5.74) is 9.06. The number of nitrogens with two attached hydrogens (primary N) is 1. The number of nitrogens with one attached hydrogen (secondary N) is 2. The minimum atomic E-state index is -0.0544. The normalized spacial score (nSPS) is 10.7. The lowest BCUT2D eigenvalue weighted by atomic mass is 10.0. The van der Waals surface area contributed by atoms with Gasteiger partial charge in [-0.15, -0.1) is 0 Å². The fourth-order valence-electron chi connectivity index (χ4n) is 3.27. The lowest BCUT2D eigenvalue weighted by molar-refractivity contribution is -0.115. The van der Waals surface area contributed by atoms with E-state index in [-0.39, 0.29) is 11.9 Å². The lowest BCUT2D eigenvalue weighted by Gasteiger charge is -2.10. The van der Waals surface area contributed by atoms with Crippen LogP contribution >= 0.6 is 0 Å². The number of anilines is 4. The van der Waals surface area contributed by atoms with Gasteiger partial charge >= 0.3 is 0 Å². The topological polar surface area (TPSA) is 92.9 Å². The van der Waals surface area contributed by atoms with Crippen molar-refractivity contribution in [2.75, 3.05) is 16.4 Å². The molecule has 0 aliphatic heterocycles. The predicted octanol–water partition coefficient (Wildman–Crippen LogP) is 4.45. The summed E-state index contributed by atoms with van der Waals surface area (Å²) in [5.74, 6) is 0.800. The van der Waals surface area contributed by atoms with Gasteiger partial charge in [0.05, 0.1) is 6.42 Å². The number of aromatic nitrogens is 2. The minimum absolute atomic E-state index is 0.0544. The Bertz CT molecular complexity index is 1150. The van der Waals surface area contributed by atoms with Crippen molar-refractivity contribution in [1.82, 2.24) is 9.97 Å². The van der Waals surface area contributed by atoms with Gasteiger partial charge in [0.2, 0.25) is 11.9 Å². The number of nitrogen functional groups attached to an aromatic ring is 1. The van der Waals surface area contributed by atoms with E-state index >= 15 is 0 Å². The van der Waals surface area contributed by atoms with Gasteiger partial charge in [-0.1, -0.05) is 42.5 Å². The van der Waals surface area contributed by atoms with Crippen LogP contribution in [0.3, 0.4) is 0 Å². The molecule has 0 atom stereocenters. The Labute approximate surface area is 168 Å². The van der Waals surface area contributed by atoms with Crippen LogP contribution in [0, 0.1) is 6.92 Å². The summed E-state index contributed by atoms with van der Waals surface area (Å²) in [4.78, 5) is 20.7. The molecule has 6 nitrogen and oxygen atoms in total. The van der Waals surface area contributed by atoms with Crippen LogP contribution < -0.4 is 16.4 Å². The number of hydrogen-bond donors (Lipinski definition) is 3. The highest BCUT2D eigenvalue weighted by Crippen LogP contribution is 2.21. The summed E-state index contributed by atoms with van der Waals surface area (Å²) >= 11 is 0. The third kappa shape index (κ3) is 4.50. The summed E-state index contributed by atoms with van der Waals surface area (Å²) in [6.45, 7) is 1.86. The number of amides is 1. The van der Waals surface area contributed by atoms with Crippen molar-refractivity contribution in [1.29, 1.82) is 0 Å². The van der Waals surface area contributed by atoms with Crippen molar-refractivity contribution in [2.24, 2.45) is 0 Å². The van der Waals surface area contributed by atoms with Gasteiger partial charge in [-0.25, -0.2) is 4.98 Å². The summed E-state index contributed by atoms with van der Waals surface area (Å²) in [6, 6.07) is 23.4. The third-order valence-corrected chi connectivity index (χ3v) is 4.54. The summed E-state index contributed by atoms with van der Waals surface area (Å²) in [6.07, 6.45) is 0.320. The molecule has 0 spiro atoms. The Morgan fingerprint density at radius 1 is 0.931 bits per heavy atom. The zero-order chi connectivity index (χ0) is 20.2. The second kappa shape index (κ2) is 7.98. The Balaban J connectivity index is 1.42. The molecule has 0 fully saturated rings. The Morgan fingerprint density at radius 2 is 1.66 bits per heavy atom. The van der Waals surface area contributed by atoms with Crippen LogP contribution in [0.4, 0.5) is 23.1 Å². The third-order valence-electron chi connectivity index (χ3n) is 4.54. The highest BCUT2D eigenvalue weighted by molar-refractivity contribution is 5.96. The molecule has 4 aromatic rings. The van der Waals surface area contributed by atoms with Crippen LogP contribution in [0.2, 0.25) is 0 Å². The molecular formula is C23H21N5O. The van der Waals surface area contributed by atoms with Crippen molar-refractivity contribution < 1.29 is 4.79 Å². The van der Waals surface area contributed by atoms with Gasteiger partial charge in [-0.3, -0.25) is 4.79 Å². The largest absolute Gasteiger partial charge is 0.368 e. The maximum absolute atomic E-state index is 12.5. The number of carbonyl (C=O) groups is 1. The van der Waals surface area contributed by atoms with Gasteiger partial charge in [-0.05, 0) is 47.5 Å². The Hall–Kier alpha value is -3.93. The van der Waals surface area contributed by atoms with E-state index in [0.717, 1.165) is 33.4 Å². The first kappa shape index (κ1) is 18.4. The van der Waals surface area contributed by atoms with Gasteiger partial charge in [0, 0.05) is 23.1 Å². The molecule has 0 bridgehead atoms. The molecule has 0 aliphatic carbocycles. The number of aryl methyl sites for hydroxylation is 1. The van der Waals surface area contributed by atoms with Crippen molar-refractivity contribution >= 4 is 39.8 Å². The molecule has 0 radical (unpaired) electrons. The quantitative estimate of drug-likeness (QED) is 0.474. The molecule has 1 amide bonds. The van der Waals surface area contributed by atoms with Crippen LogP contribution in [-0.2, 0) is 11.2 Å². The minimum Gasteiger partial charge on any atom is -0.368 e. The maximum Gasteiger partial charge on any atom is 0.228 e. The lowest BCUT2D eigenvalue weighted by Crippen LogP contribution is -2.14. The highest BCUT2D eigenvalue weighted by Gasteiger charge is 2.08. The predicted molar refractivity (Wildman–Crippen MR) is 117 cm³/mol. The molecule has 4 N–H and O–H groups in total. The van der Waals surface area contributed by atoms with E-state index < -0.39 is 0 Å². The standard InChI is InChI=1S/C23H21N5O/c1-15-13-21(28-23(24)25-15)26-18-9-11-19(12-10-18)27-22(29)14-17-7-4-6-16-5-2-3-8-20(16)17/h2-13H,14H2,1H3,(H,27,29)(H3,24,25,26,28). The van der Waals surface area contributed by atoms with Gasteiger partial charge < -0.3 is 16.4 Å². The van der Waals surface area contributed by atoms with E-state index in [2.05, 4.69) is 32.7 Å². The molecule has 6 heteroatoms. The van der Waals surface area contributed by atoms with Gasteiger partial charge in [0.15, 0.2) is 0 Å². The zero-order valence-electron chi connectivity index (χ0n) is 16.0. The highest BCUT2D eigenvalue weighted by atomic mass is 16.1. The molecule has 0 unspecified atom stereocenters. The molecule has 1 heterocycles. The number of carbonyl (C=O) groups excluding carboxylic acids is 1. The number of hydrogen-bond acceptors (Lipinski definition) is 5. The zero-order valence-corrected chi connectivity index (χ0v) is 16.0. The van der Waals surface area contributed by atoms with Crippen LogP contribution in [0.5, 0.6) is 0 Å². The van der Waals surface area contributed by atoms with Crippen LogP contribution in [0.25, 0.3) is 10.8 Å². The molecule has 0 saturated heterocycles. The first-order valence-corrected chi connectivity index (χ1v) is 9.31. The molecule has 29 heavy (non-hydrogen) atoms. The average Bonchev–Trinajstić information content (AvgIpc) is 2.69. The Morgan fingerprint density at radius 3 is 2.45 bits per heavy atom. The van der Waals surface area contributed by atoms with Crippen LogP contribution in [0.1, 0.15) is 11.3 Å². The average molecular weight is 383 g/mol. The van der Waals surface area contributed by atoms with E-state index in [4.69, 9.17) is 5.73 Å². The molecule has 144 valence electrons. The van der Waals surface area contributed by atoms with Gasteiger partial charge in [0.25, 0.3) is 0 Å². The van der Waals surface area contributed by atoms with E-state index in [9.17, 15) is 4.79 Å². The molecule has 1 aromatic heterocycles. The number of nitrogens with zero attached hydrogens (tertiary/aromatic N) is 2. The summed E-state index contributed by atoms with van der Waals surface area (Å²) < 4.78 is 0. The first-order valence-electron chi connectivity index (χ1n) is 9.31. The fourth-order valence-corrected chi connectivity index (χ4v) is 3.27. The van der Waals surface area contributed by atoms with Crippen molar-refractivity contribution in [3.8, 4) is 0 Å². The SMILES string of the molecule is Cc1cc(Nc2ccc(NC(=O)Cc3cccc4ccccc34)cc2)nc(N)n1. The van der Waals surface area contributed by atoms with E-state index in [1.54, 1.807) is 0 Å². The molecular weight excluding hydrogens is 362 g/mol. The van der Waals surface area contributed by atoms with E-state index in [1.165, 1.54) is 0 Å².